The monoisotopic (exact) mass is 348 g/mol. The van der Waals surface area contributed by atoms with Crippen molar-refractivity contribution in [2.45, 2.75) is 13.1 Å². The summed E-state index contributed by atoms with van der Waals surface area (Å²) in [5, 5.41) is 0. The number of halogens is 3. The number of ether oxygens (including phenoxy) is 4. The second kappa shape index (κ2) is 8.23. The fourth-order valence-corrected chi connectivity index (χ4v) is 1.58. The van der Waals surface area contributed by atoms with Gasteiger partial charge in [-0.05, 0) is 18.2 Å². The molecule has 1 aromatic carbocycles. The molecule has 1 aromatic rings. The SMILES string of the molecule is COc1ccc(/C=C(\OC(C)=O)C(=O)OCC(F)(F)F)c(OC)c1. The Kier molecular flexibility index (Phi) is 6.63. The predicted molar refractivity (Wildman–Crippen MR) is 76.3 cm³/mol. The summed E-state index contributed by atoms with van der Waals surface area (Å²) in [6, 6.07) is 4.48. The van der Waals surface area contributed by atoms with E-state index in [-0.39, 0.29) is 11.3 Å². The number of hydrogen-bond donors (Lipinski definition) is 0. The summed E-state index contributed by atoms with van der Waals surface area (Å²) in [5.41, 5.74) is 0.276. The van der Waals surface area contributed by atoms with Gasteiger partial charge in [-0.15, -0.1) is 0 Å². The molecular weight excluding hydrogens is 333 g/mol. The zero-order chi connectivity index (χ0) is 18.3. The summed E-state index contributed by atoms with van der Waals surface area (Å²) in [7, 11) is 2.78. The van der Waals surface area contributed by atoms with E-state index in [9.17, 15) is 22.8 Å². The molecule has 132 valence electrons. The highest BCUT2D eigenvalue weighted by atomic mass is 19.4. The minimum Gasteiger partial charge on any atom is -0.497 e. The molecule has 0 aliphatic carbocycles. The van der Waals surface area contributed by atoms with Crippen LogP contribution >= 0.6 is 0 Å². The molecule has 0 saturated heterocycles. The third kappa shape index (κ3) is 6.19. The van der Waals surface area contributed by atoms with Crippen LogP contribution in [0.2, 0.25) is 0 Å². The summed E-state index contributed by atoms with van der Waals surface area (Å²) in [6.07, 6.45) is -3.66. The van der Waals surface area contributed by atoms with Crippen LogP contribution in [0, 0.1) is 0 Å². The van der Waals surface area contributed by atoms with Crippen molar-refractivity contribution in [1.82, 2.24) is 0 Å². The van der Waals surface area contributed by atoms with E-state index in [4.69, 9.17) is 9.47 Å². The maximum atomic E-state index is 12.1. The molecule has 0 heterocycles. The van der Waals surface area contributed by atoms with Crippen molar-refractivity contribution in [3.05, 3.63) is 29.5 Å². The largest absolute Gasteiger partial charge is 0.497 e. The number of hydrogen-bond acceptors (Lipinski definition) is 6. The standard InChI is InChI=1S/C15H15F3O6/c1-9(19)24-13(14(20)23-8-15(16,17)18)6-10-4-5-11(21-2)7-12(10)22-3/h4-7H,8H2,1-3H3/b13-6-. The Labute approximate surface area is 135 Å². The number of carbonyl (C=O) groups excluding carboxylic acids is 2. The van der Waals surface area contributed by atoms with Crippen molar-refractivity contribution in [1.29, 1.82) is 0 Å². The maximum Gasteiger partial charge on any atom is 0.422 e. The van der Waals surface area contributed by atoms with Gasteiger partial charge in [0.1, 0.15) is 11.5 Å². The van der Waals surface area contributed by atoms with E-state index in [2.05, 4.69) is 9.47 Å². The third-order valence-corrected chi connectivity index (χ3v) is 2.55. The molecule has 0 amide bonds. The summed E-state index contributed by atoms with van der Waals surface area (Å²) >= 11 is 0. The van der Waals surface area contributed by atoms with Gasteiger partial charge in [0, 0.05) is 18.6 Å². The van der Waals surface area contributed by atoms with E-state index in [1.807, 2.05) is 0 Å². The second-order valence-corrected chi connectivity index (χ2v) is 4.40. The molecule has 0 aromatic heterocycles. The zero-order valence-electron chi connectivity index (χ0n) is 13.1. The molecule has 0 N–H and O–H groups in total. The number of carbonyl (C=O) groups is 2. The Morgan fingerprint density at radius 2 is 1.83 bits per heavy atom. The first-order chi connectivity index (χ1) is 11.2. The lowest BCUT2D eigenvalue weighted by Crippen LogP contribution is -2.22. The van der Waals surface area contributed by atoms with Gasteiger partial charge in [0.25, 0.3) is 0 Å². The Hall–Kier alpha value is -2.71. The van der Waals surface area contributed by atoms with Gasteiger partial charge in [-0.2, -0.15) is 13.2 Å². The molecule has 24 heavy (non-hydrogen) atoms. The molecule has 0 aliphatic rings. The first kappa shape index (κ1) is 19.3. The highest BCUT2D eigenvalue weighted by molar-refractivity contribution is 5.94. The topological polar surface area (TPSA) is 71.1 Å². The van der Waals surface area contributed by atoms with Crippen LogP contribution in [0.15, 0.2) is 24.0 Å². The summed E-state index contributed by atoms with van der Waals surface area (Å²) in [5.74, 6) is -2.31. The van der Waals surface area contributed by atoms with Crippen LogP contribution in [0.25, 0.3) is 6.08 Å². The molecular formula is C15H15F3O6. The smallest absolute Gasteiger partial charge is 0.422 e. The Morgan fingerprint density at radius 1 is 1.17 bits per heavy atom. The number of benzene rings is 1. The fraction of sp³-hybridized carbons (Fsp3) is 0.333. The number of rotatable bonds is 6. The van der Waals surface area contributed by atoms with Crippen LogP contribution in [-0.4, -0.2) is 38.9 Å². The first-order valence-corrected chi connectivity index (χ1v) is 6.52. The number of alkyl halides is 3. The third-order valence-electron chi connectivity index (χ3n) is 2.55. The van der Waals surface area contributed by atoms with E-state index in [1.54, 1.807) is 0 Å². The lowest BCUT2D eigenvalue weighted by Gasteiger charge is -2.11. The summed E-state index contributed by atoms with van der Waals surface area (Å²) in [4.78, 5) is 22.8. The van der Waals surface area contributed by atoms with Crippen LogP contribution in [0.4, 0.5) is 13.2 Å². The van der Waals surface area contributed by atoms with Crippen LogP contribution in [0.3, 0.4) is 0 Å². The van der Waals surface area contributed by atoms with Crippen molar-refractivity contribution < 1.29 is 41.7 Å². The van der Waals surface area contributed by atoms with Gasteiger partial charge in [0.15, 0.2) is 6.61 Å². The van der Waals surface area contributed by atoms with Crippen LogP contribution in [-0.2, 0) is 19.1 Å². The van der Waals surface area contributed by atoms with Gasteiger partial charge in [0.05, 0.1) is 14.2 Å². The second-order valence-electron chi connectivity index (χ2n) is 4.40. The molecule has 0 unspecified atom stereocenters. The molecule has 0 spiro atoms. The molecule has 0 aliphatic heterocycles. The number of esters is 2. The van der Waals surface area contributed by atoms with Gasteiger partial charge >= 0.3 is 18.1 Å². The lowest BCUT2D eigenvalue weighted by atomic mass is 10.1. The van der Waals surface area contributed by atoms with E-state index in [0.717, 1.165) is 13.0 Å². The van der Waals surface area contributed by atoms with Crippen LogP contribution in [0.5, 0.6) is 11.5 Å². The van der Waals surface area contributed by atoms with Gasteiger partial charge in [-0.25, -0.2) is 4.79 Å². The Bertz CT molecular complexity index is 637. The predicted octanol–water partition coefficient (Wildman–Crippen LogP) is 2.71. The van der Waals surface area contributed by atoms with E-state index in [0.29, 0.717) is 5.75 Å². The number of methoxy groups -OCH3 is 2. The highest BCUT2D eigenvalue weighted by Gasteiger charge is 2.31. The Morgan fingerprint density at radius 3 is 2.33 bits per heavy atom. The molecule has 0 bridgehead atoms. The van der Waals surface area contributed by atoms with Crippen molar-refractivity contribution in [2.75, 3.05) is 20.8 Å². The van der Waals surface area contributed by atoms with E-state index >= 15 is 0 Å². The molecule has 6 nitrogen and oxygen atoms in total. The van der Waals surface area contributed by atoms with Crippen LogP contribution < -0.4 is 9.47 Å². The minimum atomic E-state index is -4.70. The average molecular weight is 348 g/mol. The Balaban J connectivity index is 3.13. The normalized spacial score (nSPS) is 11.7. The molecule has 9 heteroatoms. The maximum absolute atomic E-state index is 12.1. The fourth-order valence-electron chi connectivity index (χ4n) is 1.58. The van der Waals surface area contributed by atoms with Gasteiger partial charge in [-0.3, -0.25) is 4.79 Å². The molecule has 0 atom stereocenters. The summed E-state index contributed by atoms with van der Waals surface area (Å²) in [6.45, 7) is -0.805. The summed E-state index contributed by atoms with van der Waals surface area (Å²) < 4.78 is 55.2. The van der Waals surface area contributed by atoms with Gasteiger partial charge < -0.3 is 18.9 Å². The van der Waals surface area contributed by atoms with Crippen molar-refractivity contribution in [3.63, 3.8) is 0 Å². The first-order valence-electron chi connectivity index (χ1n) is 6.52. The lowest BCUT2D eigenvalue weighted by molar-refractivity contribution is -0.185. The zero-order valence-corrected chi connectivity index (χ0v) is 13.1. The van der Waals surface area contributed by atoms with E-state index < -0.39 is 30.5 Å². The van der Waals surface area contributed by atoms with Crippen LogP contribution in [0.1, 0.15) is 12.5 Å². The quantitative estimate of drug-likeness (QED) is 0.447. The van der Waals surface area contributed by atoms with Gasteiger partial charge in [0.2, 0.25) is 5.76 Å². The van der Waals surface area contributed by atoms with Crippen molar-refractivity contribution in [2.24, 2.45) is 0 Å². The molecule has 1 rings (SSSR count). The highest BCUT2D eigenvalue weighted by Crippen LogP contribution is 2.27. The molecule has 0 saturated carbocycles. The van der Waals surface area contributed by atoms with E-state index in [1.165, 1.54) is 32.4 Å². The van der Waals surface area contributed by atoms with Crippen molar-refractivity contribution >= 4 is 18.0 Å². The van der Waals surface area contributed by atoms with Crippen molar-refractivity contribution in [3.8, 4) is 11.5 Å². The molecule has 0 fully saturated rings. The average Bonchev–Trinajstić information content (AvgIpc) is 2.51. The minimum absolute atomic E-state index is 0.252. The van der Waals surface area contributed by atoms with Gasteiger partial charge in [-0.1, -0.05) is 0 Å². The molecule has 0 radical (unpaired) electrons.